The molecule has 2 fully saturated rings. The summed E-state index contributed by atoms with van der Waals surface area (Å²) in [6.07, 6.45) is 8.98. The summed E-state index contributed by atoms with van der Waals surface area (Å²) in [5.74, 6) is 1.40. The Kier molecular flexibility index (Phi) is 7.97. The van der Waals surface area contributed by atoms with Crippen LogP contribution >= 0.6 is 24.0 Å². The number of hydrogen-bond acceptors (Lipinski definition) is 5. The van der Waals surface area contributed by atoms with Gasteiger partial charge in [-0.1, -0.05) is 12.8 Å². The van der Waals surface area contributed by atoms with Crippen molar-refractivity contribution >= 4 is 35.9 Å². The topological polar surface area (TPSA) is 79.9 Å². The van der Waals surface area contributed by atoms with Crippen molar-refractivity contribution in [2.75, 3.05) is 44.2 Å². The zero-order chi connectivity index (χ0) is 15.9. The van der Waals surface area contributed by atoms with Gasteiger partial charge in [0.2, 0.25) is 5.95 Å². The van der Waals surface area contributed by atoms with Crippen molar-refractivity contribution < 1.29 is 4.74 Å². The fourth-order valence-corrected chi connectivity index (χ4v) is 3.12. The Labute approximate surface area is 160 Å². The molecule has 24 heavy (non-hydrogen) atoms. The van der Waals surface area contributed by atoms with Crippen LogP contribution in [0.3, 0.4) is 0 Å². The molecule has 0 unspecified atom stereocenters. The van der Waals surface area contributed by atoms with Crippen LogP contribution in [0.5, 0.6) is 0 Å². The van der Waals surface area contributed by atoms with Gasteiger partial charge in [-0.15, -0.1) is 24.0 Å². The summed E-state index contributed by atoms with van der Waals surface area (Å²) in [6.45, 7) is 4.72. The molecule has 0 amide bonds. The fraction of sp³-hybridized carbons (Fsp3) is 0.688. The van der Waals surface area contributed by atoms with Gasteiger partial charge in [-0.3, -0.25) is 4.99 Å². The Balaban J connectivity index is 0.00000208. The van der Waals surface area contributed by atoms with Gasteiger partial charge in [0.25, 0.3) is 0 Å². The summed E-state index contributed by atoms with van der Waals surface area (Å²) in [5.41, 5.74) is 6.10. The van der Waals surface area contributed by atoms with E-state index < -0.39 is 0 Å². The molecule has 1 aliphatic carbocycles. The second-order valence-corrected chi connectivity index (χ2v) is 6.04. The standard InChI is InChI=1S/C16H26N6O.HI/c17-15(18-8-13-23-14-4-1-2-5-14)21-9-11-22(12-10-21)16-19-6-3-7-20-16;/h3,6-7,14H,1-2,4-5,8-13H2,(H2,17,18);1H. The minimum absolute atomic E-state index is 0. The zero-order valence-electron chi connectivity index (χ0n) is 14.0. The molecule has 1 aromatic heterocycles. The first-order chi connectivity index (χ1) is 11.3. The minimum Gasteiger partial charge on any atom is -0.376 e. The van der Waals surface area contributed by atoms with Gasteiger partial charge < -0.3 is 20.3 Å². The maximum Gasteiger partial charge on any atom is 0.225 e. The Morgan fingerprint density at radius 1 is 1.17 bits per heavy atom. The highest BCUT2D eigenvalue weighted by Gasteiger charge is 2.20. The first kappa shape index (κ1) is 19.2. The quantitative estimate of drug-likeness (QED) is 0.320. The van der Waals surface area contributed by atoms with E-state index in [1.165, 1.54) is 25.7 Å². The molecule has 8 heteroatoms. The number of anilines is 1. The highest BCUT2D eigenvalue weighted by Crippen LogP contribution is 2.20. The van der Waals surface area contributed by atoms with E-state index in [9.17, 15) is 0 Å². The van der Waals surface area contributed by atoms with E-state index in [1.54, 1.807) is 12.4 Å². The van der Waals surface area contributed by atoms with E-state index >= 15 is 0 Å². The molecular weight excluding hydrogens is 419 g/mol. The van der Waals surface area contributed by atoms with Crippen molar-refractivity contribution in [2.24, 2.45) is 10.7 Å². The third-order valence-corrected chi connectivity index (χ3v) is 4.46. The van der Waals surface area contributed by atoms with Crippen molar-refractivity contribution in [3.63, 3.8) is 0 Å². The van der Waals surface area contributed by atoms with Gasteiger partial charge in [0.05, 0.1) is 19.3 Å². The number of ether oxygens (including phenoxy) is 1. The number of nitrogens with two attached hydrogens (primary N) is 1. The van der Waals surface area contributed by atoms with E-state index in [0.717, 1.165) is 32.1 Å². The van der Waals surface area contributed by atoms with Crippen molar-refractivity contribution in [1.82, 2.24) is 14.9 Å². The molecule has 0 atom stereocenters. The number of guanidine groups is 1. The second-order valence-electron chi connectivity index (χ2n) is 6.04. The van der Waals surface area contributed by atoms with E-state index in [4.69, 9.17) is 10.5 Å². The first-order valence-corrected chi connectivity index (χ1v) is 8.51. The van der Waals surface area contributed by atoms with Gasteiger partial charge in [-0.2, -0.15) is 0 Å². The average molecular weight is 446 g/mol. The zero-order valence-corrected chi connectivity index (χ0v) is 16.3. The fourth-order valence-electron chi connectivity index (χ4n) is 3.12. The predicted molar refractivity (Wildman–Crippen MR) is 106 cm³/mol. The van der Waals surface area contributed by atoms with E-state index in [2.05, 4.69) is 24.8 Å². The Morgan fingerprint density at radius 3 is 2.50 bits per heavy atom. The van der Waals surface area contributed by atoms with Crippen LogP contribution in [0.2, 0.25) is 0 Å². The lowest BCUT2D eigenvalue weighted by Gasteiger charge is -2.35. The van der Waals surface area contributed by atoms with Gasteiger partial charge in [-0.25, -0.2) is 9.97 Å². The van der Waals surface area contributed by atoms with Gasteiger partial charge in [-0.05, 0) is 18.9 Å². The Bertz CT molecular complexity index is 501. The van der Waals surface area contributed by atoms with Gasteiger partial charge in [0.15, 0.2) is 5.96 Å². The summed E-state index contributed by atoms with van der Waals surface area (Å²) < 4.78 is 5.81. The number of hydrogen-bond donors (Lipinski definition) is 1. The largest absolute Gasteiger partial charge is 0.376 e. The van der Waals surface area contributed by atoms with Crippen LogP contribution in [0.1, 0.15) is 25.7 Å². The number of halogens is 1. The first-order valence-electron chi connectivity index (χ1n) is 8.51. The predicted octanol–water partition coefficient (Wildman–Crippen LogP) is 1.49. The Morgan fingerprint density at radius 2 is 1.83 bits per heavy atom. The van der Waals surface area contributed by atoms with Crippen LogP contribution < -0.4 is 10.6 Å². The molecule has 134 valence electrons. The highest BCUT2D eigenvalue weighted by atomic mass is 127. The minimum atomic E-state index is 0. The summed E-state index contributed by atoms with van der Waals surface area (Å²) in [7, 11) is 0. The van der Waals surface area contributed by atoms with Crippen LogP contribution in [0.15, 0.2) is 23.5 Å². The van der Waals surface area contributed by atoms with Crippen LogP contribution in [0.25, 0.3) is 0 Å². The molecule has 1 aromatic rings. The molecular formula is C16H27IN6O. The molecule has 0 spiro atoms. The number of rotatable bonds is 5. The van der Waals surface area contributed by atoms with Crippen molar-refractivity contribution in [2.45, 2.75) is 31.8 Å². The van der Waals surface area contributed by atoms with Crippen LogP contribution in [-0.2, 0) is 4.74 Å². The molecule has 3 rings (SSSR count). The SMILES string of the molecule is I.NC(=NCCOC1CCCC1)N1CCN(c2ncccn2)CC1. The van der Waals surface area contributed by atoms with E-state index in [-0.39, 0.29) is 24.0 Å². The van der Waals surface area contributed by atoms with Crippen LogP contribution in [-0.4, -0.2) is 66.3 Å². The second kappa shape index (κ2) is 9.97. The number of piperazine rings is 1. The lowest BCUT2D eigenvalue weighted by Crippen LogP contribution is -2.51. The smallest absolute Gasteiger partial charge is 0.225 e. The third kappa shape index (κ3) is 5.44. The lowest BCUT2D eigenvalue weighted by molar-refractivity contribution is 0.0642. The maximum atomic E-state index is 6.10. The van der Waals surface area contributed by atoms with Gasteiger partial charge >= 0.3 is 0 Å². The van der Waals surface area contributed by atoms with Crippen LogP contribution in [0.4, 0.5) is 5.95 Å². The lowest BCUT2D eigenvalue weighted by atomic mass is 10.3. The molecule has 0 bridgehead atoms. The molecule has 0 radical (unpaired) electrons. The van der Waals surface area contributed by atoms with Crippen molar-refractivity contribution in [3.8, 4) is 0 Å². The summed E-state index contributed by atoms with van der Waals surface area (Å²) in [5, 5.41) is 0. The monoisotopic (exact) mass is 446 g/mol. The summed E-state index contributed by atoms with van der Waals surface area (Å²) in [6, 6.07) is 1.83. The molecule has 1 saturated heterocycles. The summed E-state index contributed by atoms with van der Waals surface area (Å²) >= 11 is 0. The highest BCUT2D eigenvalue weighted by molar-refractivity contribution is 14.0. The maximum absolute atomic E-state index is 6.10. The number of aliphatic imine (C=N–C) groups is 1. The van der Waals surface area contributed by atoms with Crippen molar-refractivity contribution in [3.05, 3.63) is 18.5 Å². The molecule has 7 nitrogen and oxygen atoms in total. The molecule has 2 N–H and O–H groups in total. The molecule has 1 aliphatic heterocycles. The van der Waals surface area contributed by atoms with Crippen molar-refractivity contribution in [1.29, 1.82) is 0 Å². The molecule has 2 aliphatic rings. The van der Waals surface area contributed by atoms with Gasteiger partial charge in [0.1, 0.15) is 0 Å². The average Bonchev–Trinajstić information content (AvgIpc) is 3.13. The normalized spacial score (nSPS) is 19.4. The van der Waals surface area contributed by atoms with E-state index in [1.807, 2.05) is 6.07 Å². The molecule has 0 aromatic carbocycles. The molecule has 1 saturated carbocycles. The van der Waals surface area contributed by atoms with Gasteiger partial charge in [0, 0.05) is 38.6 Å². The van der Waals surface area contributed by atoms with E-state index in [0.29, 0.717) is 25.2 Å². The summed E-state index contributed by atoms with van der Waals surface area (Å²) in [4.78, 5) is 17.3. The van der Waals surface area contributed by atoms with Crippen LogP contribution in [0, 0.1) is 0 Å². The number of nitrogens with zero attached hydrogens (tertiary/aromatic N) is 5. The molecule has 2 heterocycles. The Hall–Kier alpha value is -1.16. The number of aromatic nitrogens is 2. The third-order valence-electron chi connectivity index (χ3n) is 4.46.